The van der Waals surface area contributed by atoms with Crippen molar-refractivity contribution in [1.82, 2.24) is 5.32 Å². The topological polar surface area (TPSA) is 153 Å². The summed E-state index contributed by atoms with van der Waals surface area (Å²) in [7, 11) is 0. The van der Waals surface area contributed by atoms with Gasteiger partial charge in [0, 0.05) is 6.07 Å². The van der Waals surface area contributed by atoms with E-state index in [4.69, 9.17) is 26.4 Å². The summed E-state index contributed by atoms with van der Waals surface area (Å²) in [6, 6.07) is 2.12. The lowest BCUT2D eigenvalue weighted by Gasteiger charge is -2.40. The zero-order chi connectivity index (χ0) is 50.9. The number of nitrogens with one attached hydrogen (secondary N) is 2. The van der Waals surface area contributed by atoms with Gasteiger partial charge in [-0.25, -0.2) is 8.78 Å². The molecular weight excluding hydrogens is 911 g/mol. The van der Waals surface area contributed by atoms with E-state index >= 15 is 0 Å². The highest BCUT2D eigenvalue weighted by Crippen LogP contribution is 2.25. The molecule has 13 heteroatoms. The summed E-state index contributed by atoms with van der Waals surface area (Å²) in [6.07, 6.45) is 37.1. The molecule has 1 fully saturated rings. The summed E-state index contributed by atoms with van der Waals surface area (Å²) in [5.41, 5.74) is -0.240. The second kappa shape index (κ2) is 43.8. The van der Waals surface area contributed by atoms with Crippen molar-refractivity contribution in [1.29, 1.82) is 0 Å². The Hall–Kier alpha value is -1.55. The molecule has 2 rings (SSSR count). The maximum atomic E-state index is 14.1. The normalized spacial score (nSPS) is 19.6. The Balaban J connectivity index is 1.70. The van der Waals surface area contributed by atoms with E-state index in [1.54, 1.807) is 0 Å². The number of aliphatic hydroxyl groups excluding tert-OH is 5. The fourth-order valence-electron chi connectivity index (χ4n) is 9.57. The van der Waals surface area contributed by atoms with E-state index in [0.29, 0.717) is 13.0 Å². The summed E-state index contributed by atoms with van der Waals surface area (Å²) in [4.78, 5) is 0. The van der Waals surface area contributed by atoms with Crippen molar-refractivity contribution in [2.75, 3.05) is 25.1 Å². The average molecular weight is 1020 g/mol. The molecule has 7 N–H and O–H groups in total. The molecule has 0 spiro atoms. The third-order valence-corrected chi connectivity index (χ3v) is 14.5. The molecule has 1 aromatic carbocycles. The number of unbranched alkanes of at least 4 members (excludes halogenated alkanes) is 34. The number of thiocarbonyl (C=S) groups is 1. The quantitative estimate of drug-likeness (QED) is 0.0247. The fourth-order valence-corrected chi connectivity index (χ4v) is 9.75. The van der Waals surface area contributed by atoms with E-state index in [1.807, 2.05) is 0 Å². The highest BCUT2D eigenvalue weighted by atomic mass is 32.1. The second-order valence-electron chi connectivity index (χ2n) is 20.6. The molecule has 10 nitrogen and oxygen atoms in total. The first-order valence-corrected chi connectivity index (χ1v) is 29.3. The van der Waals surface area contributed by atoms with Crippen LogP contribution in [0.25, 0.3) is 0 Å². The van der Waals surface area contributed by atoms with Crippen LogP contribution in [0.1, 0.15) is 251 Å². The van der Waals surface area contributed by atoms with Crippen LogP contribution >= 0.6 is 12.2 Å². The smallest absolute Gasteiger partial charge is 0.261 e. The van der Waals surface area contributed by atoms with E-state index in [1.165, 1.54) is 193 Å². The molecule has 1 aliphatic rings. The molecule has 0 bridgehead atoms. The first-order valence-electron chi connectivity index (χ1n) is 28.9. The molecule has 0 radical (unpaired) electrons. The minimum absolute atomic E-state index is 0.160. The van der Waals surface area contributed by atoms with Crippen LogP contribution in [0, 0.1) is 11.6 Å². The molecule has 1 aromatic rings. The van der Waals surface area contributed by atoms with Gasteiger partial charge >= 0.3 is 0 Å². The maximum absolute atomic E-state index is 14.1. The zero-order valence-corrected chi connectivity index (χ0v) is 45.1. The lowest BCUT2D eigenvalue weighted by molar-refractivity contribution is -0.302. The first-order chi connectivity index (χ1) is 34.1. The van der Waals surface area contributed by atoms with E-state index in [9.17, 15) is 34.3 Å². The molecule has 410 valence electrons. The third-order valence-electron chi connectivity index (χ3n) is 14.2. The van der Waals surface area contributed by atoms with Crippen LogP contribution in [0.3, 0.4) is 0 Å². The van der Waals surface area contributed by atoms with Crippen LogP contribution in [0.15, 0.2) is 18.2 Å². The van der Waals surface area contributed by atoms with Crippen molar-refractivity contribution in [3.05, 3.63) is 29.8 Å². The van der Waals surface area contributed by atoms with Crippen molar-refractivity contribution in [2.45, 2.75) is 300 Å². The minimum atomic E-state index is -1.67. The molecule has 0 saturated carbocycles. The van der Waals surface area contributed by atoms with Crippen LogP contribution in [0.5, 0.6) is 0 Å². The monoisotopic (exact) mass is 1010 g/mol. The van der Waals surface area contributed by atoms with E-state index < -0.39 is 67.2 Å². The zero-order valence-electron chi connectivity index (χ0n) is 44.3. The maximum Gasteiger partial charge on any atom is 0.261 e. The van der Waals surface area contributed by atoms with Gasteiger partial charge in [-0.3, -0.25) is 0 Å². The summed E-state index contributed by atoms with van der Waals surface area (Å²) < 4.78 is 45.0. The number of ether oxygens (including phenoxy) is 3. The van der Waals surface area contributed by atoms with E-state index in [2.05, 4.69) is 24.5 Å². The lowest BCUT2D eigenvalue weighted by Crippen LogP contribution is -2.60. The number of benzene rings is 1. The van der Waals surface area contributed by atoms with E-state index in [0.717, 1.165) is 56.7 Å². The molecule has 0 amide bonds. The number of hydrogen-bond acceptors (Lipinski definition) is 10. The van der Waals surface area contributed by atoms with Crippen LogP contribution in [-0.4, -0.2) is 99.4 Å². The van der Waals surface area contributed by atoms with Gasteiger partial charge in [-0.15, -0.1) is 0 Å². The minimum Gasteiger partial charge on any atom is -0.468 e. The van der Waals surface area contributed by atoms with Gasteiger partial charge in [0.1, 0.15) is 42.7 Å². The number of aliphatic hydroxyl groups is 5. The number of anilines is 1. The lowest BCUT2D eigenvalue weighted by atomic mass is 9.98. The van der Waals surface area contributed by atoms with Gasteiger partial charge in [0.25, 0.3) is 5.17 Å². The van der Waals surface area contributed by atoms with E-state index in [-0.39, 0.29) is 17.5 Å². The van der Waals surface area contributed by atoms with Crippen LogP contribution < -0.4 is 10.6 Å². The Kier molecular flexibility index (Phi) is 40.4. The molecule has 0 unspecified atom stereocenters. The van der Waals surface area contributed by atoms with Gasteiger partial charge in [-0.1, -0.05) is 239 Å². The largest absolute Gasteiger partial charge is 0.468 e. The van der Waals surface area contributed by atoms with Gasteiger partial charge < -0.3 is 50.4 Å². The fraction of sp³-hybridized carbons (Fsp3) is 0.877. The molecule has 0 aromatic heterocycles. The number of hydrogen-bond donors (Lipinski definition) is 7. The van der Waals surface area contributed by atoms with Crippen LogP contribution in [-0.2, 0) is 14.2 Å². The molecule has 70 heavy (non-hydrogen) atoms. The predicted molar refractivity (Wildman–Crippen MR) is 287 cm³/mol. The van der Waals surface area contributed by atoms with Crippen molar-refractivity contribution in [3.8, 4) is 0 Å². The van der Waals surface area contributed by atoms with Gasteiger partial charge in [0.05, 0.1) is 30.5 Å². The van der Waals surface area contributed by atoms with Crippen LogP contribution in [0.4, 0.5) is 14.5 Å². The van der Waals surface area contributed by atoms with Gasteiger partial charge in [-0.2, -0.15) is 0 Å². The van der Waals surface area contributed by atoms with Crippen molar-refractivity contribution in [3.63, 3.8) is 0 Å². The van der Waals surface area contributed by atoms with Crippen molar-refractivity contribution in [2.24, 2.45) is 0 Å². The molecule has 1 aliphatic heterocycles. The number of rotatable bonds is 47. The first kappa shape index (κ1) is 64.6. The molecule has 1 saturated heterocycles. The second-order valence-corrected chi connectivity index (χ2v) is 21.0. The molecule has 0 aliphatic carbocycles. The summed E-state index contributed by atoms with van der Waals surface area (Å²) >= 11 is 5.12. The Morgan fingerprint density at radius 3 is 1.44 bits per heavy atom. The van der Waals surface area contributed by atoms with Crippen molar-refractivity contribution < 1.29 is 48.5 Å². The average Bonchev–Trinajstić information content (AvgIpc) is 3.35. The molecule has 1 heterocycles. The van der Waals surface area contributed by atoms with Gasteiger partial charge in [-0.05, 0) is 43.7 Å². The Labute approximate surface area is 430 Å². The van der Waals surface area contributed by atoms with Crippen molar-refractivity contribution >= 4 is 23.1 Å². The summed E-state index contributed by atoms with van der Waals surface area (Å²) in [5, 5.41) is 60.3. The Bertz CT molecular complexity index is 1370. The summed E-state index contributed by atoms with van der Waals surface area (Å²) in [6.45, 7) is 4.55. The van der Waals surface area contributed by atoms with Gasteiger partial charge in [0.2, 0.25) is 0 Å². The predicted octanol–water partition coefficient (Wildman–Crippen LogP) is 13.7. The highest BCUT2D eigenvalue weighted by molar-refractivity contribution is 7.80. The Morgan fingerprint density at radius 1 is 0.586 bits per heavy atom. The van der Waals surface area contributed by atoms with Gasteiger partial charge in [0.15, 0.2) is 6.29 Å². The third kappa shape index (κ3) is 31.9. The molecule has 8 atom stereocenters. The van der Waals surface area contributed by atoms with Crippen LogP contribution in [0.2, 0.25) is 0 Å². The standard InChI is InChI=1S/C57H104F2N2O8S/c1-3-5-7-9-11-13-15-17-18-19-20-21-22-23-24-25-26-27-28-30-32-34-36-38-42-60-49(52(63)50(62)39-37-35-33-31-29-16-14-12-10-8-6-4-2)44-67-56-55(66)54(65)53(64)51(69-56)45-68-57(70)61-48-43-46(58)40-41-47(48)59/h40-41,43,49-56,60,62-66H,3-39,42,44-45H2,1-2H3,(H,61,70)/t49-,50+,51+,52-,53-,54-,55+,56-/m0/s1. The number of halogens is 2. The highest BCUT2D eigenvalue weighted by Gasteiger charge is 2.45. The molecular formula is C57H104F2N2O8S. The Morgan fingerprint density at radius 2 is 1.00 bits per heavy atom. The SMILES string of the molecule is CCCCCCCCCCCCCCCCCCCCCCCCCCN[C@@H](CO[C@H]1O[C@H](COC(=S)Nc2cc(F)ccc2F)[C@H](O)[C@H](O)[C@H]1O)[C@H](O)[C@H](O)CCCCCCCCCCCCCC. The summed E-state index contributed by atoms with van der Waals surface area (Å²) in [5.74, 6) is -1.43.